The number of nitrogens with one attached hydrogen (secondary N) is 1. The van der Waals surface area contributed by atoms with Gasteiger partial charge in [0.25, 0.3) is 0 Å². The summed E-state index contributed by atoms with van der Waals surface area (Å²) in [6, 6.07) is 10.4. The Morgan fingerprint density at radius 2 is 2.06 bits per heavy atom. The lowest BCUT2D eigenvalue weighted by atomic mass is 9.89. The summed E-state index contributed by atoms with van der Waals surface area (Å²) < 4.78 is 13.3. The van der Waals surface area contributed by atoms with E-state index in [1.807, 2.05) is 54.3 Å². The van der Waals surface area contributed by atoms with Gasteiger partial charge in [-0.05, 0) is 44.0 Å². The Kier molecular flexibility index (Phi) is 6.40. The van der Waals surface area contributed by atoms with E-state index in [2.05, 4.69) is 21.6 Å². The molecule has 1 fully saturated rings. The van der Waals surface area contributed by atoms with Crippen LogP contribution in [0.25, 0.3) is 5.65 Å². The average Bonchev–Trinajstić information content (AvgIpc) is 3.26. The molecular formula is C25H28N6O3S. The van der Waals surface area contributed by atoms with Crippen LogP contribution in [0.3, 0.4) is 0 Å². The van der Waals surface area contributed by atoms with Crippen molar-refractivity contribution in [2.24, 2.45) is 0 Å². The van der Waals surface area contributed by atoms with Crippen LogP contribution in [0, 0.1) is 18.3 Å². The molecule has 3 aromatic rings. The molecule has 35 heavy (non-hydrogen) atoms. The zero-order valence-corrected chi connectivity index (χ0v) is 20.9. The Labute approximate surface area is 208 Å². The SMILES string of the molecule is Cc1cccc(Nc2c(C#N)c3c(c4nnc(SCC(=O)N5CCOCC5)n24)COC(C)(C)C3)c1. The zero-order valence-electron chi connectivity index (χ0n) is 20.1. The molecule has 1 N–H and O–H groups in total. The molecule has 2 aliphatic rings. The number of hydrogen-bond donors (Lipinski definition) is 1. The Hall–Kier alpha value is -3.13. The molecule has 2 aliphatic heterocycles. The maximum atomic E-state index is 12.8. The van der Waals surface area contributed by atoms with Crippen molar-refractivity contribution < 1.29 is 14.3 Å². The number of carbonyl (C=O) groups excluding carboxylic acids is 1. The first-order chi connectivity index (χ1) is 16.9. The van der Waals surface area contributed by atoms with Gasteiger partial charge in [-0.25, -0.2) is 0 Å². The van der Waals surface area contributed by atoms with Crippen LogP contribution >= 0.6 is 11.8 Å². The summed E-state index contributed by atoms with van der Waals surface area (Å²) in [6.07, 6.45) is 0.592. The number of thioether (sulfide) groups is 1. The lowest BCUT2D eigenvalue weighted by Gasteiger charge is -2.33. The van der Waals surface area contributed by atoms with E-state index in [9.17, 15) is 10.1 Å². The molecule has 10 heteroatoms. The molecule has 2 aromatic heterocycles. The maximum Gasteiger partial charge on any atom is 0.233 e. The molecule has 5 rings (SSSR count). The van der Waals surface area contributed by atoms with Gasteiger partial charge in [0.15, 0.2) is 10.8 Å². The molecule has 1 aromatic carbocycles. The second kappa shape index (κ2) is 9.49. The van der Waals surface area contributed by atoms with Crippen LogP contribution in [0.1, 0.15) is 36.1 Å². The van der Waals surface area contributed by atoms with E-state index in [4.69, 9.17) is 9.47 Å². The fourth-order valence-corrected chi connectivity index (χ4v) is 5.36. The molecule has 1 amide bonds. The molecule has 0 spiro atoms. The van der Waals surface area contributed by atoms with Crippen LogP contribution in [0.5, 0.6) is 0 Å². The van der Waals surface area contributed by atoms with E-state index in [0.29, 0.717) is 61.5 Å². The molecule has 4 heterocycles. The predicted octanol–water partition coefficient (Wildman–Crippen LogP) is 3.46. The summed E-state index contributed by atoms with van der Waals surface area (Å²) >= 11 is 1.32. The second-order valence-corrected chi connectivity index (χ2v) is 10.4. The largest absolute Gasteiger partial charge is 0.378 e. The number of aryl methyl sites for hydroxylation is 1. The number of ether oxygens (including phenoxy) is 2. The number of hydrogen-bond acceptors (Lipinski definition) is 8. The Morgan fingerprint density at radius 3 is 2.80 bits per heavy atom. The molecule has 0 unspecified atom stereocenters. The molecule has 0 bridgehead atoms. The van der Waals surface area contributed by atoms with Crippen LogP contribution in [0.2, 0.25) is 0 Å². The number of pyridine rings is 1. The summed E-state index contributed by atoms with van der Waals surface area (Å²) in [6.45, 7) is 8.73. The number of morpholine rings is 1. The van der Waals surface area contributed by atoms with Gasteiger partial charge in [0, 0.05) is 30.8 Å². The van der Waals surface area contributed by atoms with Crippen molar-refractivity contribution in [3.05, 3.63) is 46.5 Å². The maximum absolute atomic E-state index is 12.8. The fourth-order valence-electron chi connectivity index (χ4n) is 4.52. The van der Waals surface area contributed by atoms with Crippen molar-refractivity contribution in [2.45, 2.75) is 44.6 Å². The lowest BCUT2D eigenvalue weighted by Crippen LogP contribution is -2.41. The highest BCUT2D eigenvalue weighted by atomic mass is 32.2. The minimum absolute atomic E-state index is 0.0341. The highest BCUT2D eigenvalue weighted by Crippen LogP contribution is 2.38. The highest BCUT2D eigenvalue weighted by molar-refractivity contribution is 7.99. The van der Waals surface area contributed by atoms with Crippen molar-refractivity contribution >= 4 is 34.8 Å². The van der Waals surface area contributed by atoms with Crippen LogP contribution in [0.15, 0.2) is 29.4 Å². The Morgan fingerprint density at radius 1 is 1.26 bits per heavy atom. The number of aromatic nitrogens is 3. The smallest absolute Gasteiger partial charge is 0.233 e. The highest BCUT2D eigenvalue weighted by Gasteiger charge is 2.33. The fraction of sp³-hybridized carbons (Fsp3) is 0.440. The molecular weight excluding hydrogens is 464 g/mol. The summed E-state index contributed by atoms with van der Waals surface area (Å²) in [5.74, 6) is 0.871. The van der Waals surface area contributed by atoms with E-state index < -0.39 is 0 Å². The van der Waals surface area contributed by atoms with Gasteiger partial charge in [0.2, 0.25) is 5.91 Å². The van der Waals surface area contributed by atoms with E-state index in [1.165, 1.54) is 11.8 Å². The third-order valence-corrected chi connectivity index (χ3v) is 7.23. The number of benzene rings is 1. The number of anilines is 2. The number of nitrogens with zero attached hydrogens (tertiary/aromatic N) is 5. The minimum atomic E-state index is -0.389. The second-order valence-electron chi connectivity index (χ2n) is 9.44. The van der Waals surface area contributed by atoms with Gasteiger partial charge in [-0.15, -0.1) is 10.2 Å². The van der Waals surface area contributed by atoms with E-state index >= 15 is 0 Å². The number of fused-ring (bicyclic) bond motifs is 3. The van der Waals surface area contributed by atoms with Crippen LogP contribution in [0.4, 0.5) is 11.5 Å². The summed E-state index contributed by atoms with van der Waals surface area (Å²) in [5, 5.41) is 23.2. The van der Waals surface area contributed by atoms with E-state index in [1.54, 1.807) is 0 Å². The summed E-state index contributed by atoms with van der Waals surface area (Å²) in [7, 11) is 0. The first-order valence-corrected chi connectivity index (χ1v) is 12.6. The molecule has 0 radical (unpaired) electrons. The standard InChI is InChI=1S/C25H28N6O3S/c1-16-5-4-6-17(11-16)27-22-19(13-26)18-12-25(2,3)34-14-20(18)23-28-29-24(31(22)23)35-15-21(32)30-7-9-33-10-8-30/h4-6,11,27H,7-10,12,14-15H2,1-3H3. The first-order valence-electron chi connectivity index (χ1n) is 11.7. The van der Waals surface area contributed by atoms with Gasteiger partial charge in [-0.3, -0.25) is 9.20 Å². The van der Waals surface area contributed by atoms with Gasteiger partial charge in [-0.2, -0.15) is 5.26 Å². The van der Waals surface area contributed by atoms with Gasteiger partial charge >= 0.3 is 0 Å². The van der Waals surface area contributed by atoms with E-state index in [0.717, 1.165) is 22.4 Å². The topological polar surface area (TPSA) is 105 Å². The molecule has 0 aliphatic carbocycles. The van der Waals surface area contributed by atoms with Crippen LogP contribution in [-0.2, 0) is 27.3 Å². The Balaban J connectivity index is 1.59. The predicted molar refractivity (Wildman–Crippen MR) is 133 cm³/mol. The average molecular weight is 493 g/mol. The normalized spacial score (nSPS) is 17.1. The number of carbonyl (C=O) groups is 1. The van der Waals surface area contributed by atoms with E-state index in [-0.39, 0.29) is 17.3 Å². The molecule has 182 valence electrons. The lowest BCUT2D eigenvalue weighted by molar-refractivity contribution is -0.132. The van der Waals surface area contributed by atoms with Gasteiger partial charge in [0.1, 0.15) is 11.9 Å². The van der Waals surface area contributed by atoms with Crippen molar-refractivity contribution in [3.8, 4) is 6.07 Å². The summed E-state index contributed by atoms with van der Waals surface area (Å²) in [5.41, 5.74) is 4.57. The van der Waals surface area contributed by atoms with Gasteiger partial charge < -0.3 is 19.7 Å². The first kappa shape index (κ1) is 23.6. The third kappa shape index (κ3) is 4.72. The number of rotatable bonds is 5. The third-order valence-electron chi connectivity index (χ3n) is 6.32. The van der Waals surface area contributed by atoms with Crippen LogP contribution < -0.4 is 5.32 Å². The van der Waals surface area contributed by atoms with Crippen molar-refractivity contribution in [2.75, 3.05) is 37.4 Å². The van der Waals surface area contributed by atoms with Gasteiger partial charge in [-0.1, -0.05) is 23.9 Å². The van der Waals surface area contributed by atoms with Crippen LogP contribution in [-0.4, -0.2) is 63.1 Å². The molecule has 0 atom stereocenters. The Bertz CT molecular complexity index is 1320. The zero-order chi connectivity index (χ0) is 24.6. The molecule has 1 saturated heterocycles. The van der Waals surface area contributed by atoms with Gasteiger partial charge in [0.05, 0.1) is 36.7 Å². The molecule has 9 nitrogen and oxygen atoms in total. The monoisotopic (exact) mass is 492 g/mol. The quantitative estimate of drug-likeness (QED) is 0.540. The summed E-state index contributed by atoms with van der Waals surface area (Å²) in [4.78, 5) is 14.6. The number of nitriles is 1. The number of amides is 1. The minimum Gasteiger partial charge on any atom is -0.378 e. The molecule has 0 saturated carbocycles. The van der Waals surface area contributed by atoms with Crippen molar-refractivity contribution in [1.82, 2.24) is 19.5 Å². The van der Waals surface area contributed by atoms with Crippen molar-refractivity contribution in [3.63, 3.8) is 0 Å². The van der Waals surface area contributed by atoms with Crippen molar-refractivity contribution in [1.29, 1.82) is 5.26 Å².